The summed E-state index contributed by atoms with van der Waals surface area (Å²) in [4.78, 5) is 8.76. The highest BCUT2D eigenvalue weighted by Crippen LogP contribution is 2.51. The Hall–Kier alpha value is -1.36. The second kappa shape index (κ2) is 5.10. The normalized spacial score (nSPS) is 20.6. The van der Waals surface area contributed by atoms with Crippen LogP contribution in [0.2, 0.25) is 0 Å². The molecule has 1 unspecified atom stereocenters. The van der Waals surface area contributed by atoms with Crippen LogP contribution in [0.5, 0.6) is 0 Å². The lowest BCUT2D eigenvalue weighted by molar-refractivity contribution is 0.178. The minimum atomic E-state index is 0.430. The Kier molecular flexibility index (Phi) is 3.71. The third-order valence-electron chi connectivity index (χ3n) is 3.55. The quantitative estimate of drug-likeness (QED) is 0.810. The zero-order chi connectivity index (χ0) is 13.2. The molecule has 1 saturated carbocycles. The van der Waals surface area contributed by atoms with Gasteiger partial charge < -0.3 is 15.4 Å². The van der Waals surface area contributed by atoms with Crippen LogP contribution in [0.1, 0.15) is 26.1 Å². The molecule has 0 amide bonds. The molecule has 2 rings (SSSR count). The summed E-state index contributed by atoms with van der Waals surface area (Å²) in [6.07, 6.45) is 1.29. The van der Waals surface area contributed by atoms with Crippen molar-refractivity contribution in [3.63, 3.8) is 0 Å². The van der Waals surface area contributed by atoms with Gasteiger partial charge in [0.15, 0.2) is 5.82 Å². The van der Waals surface area contributed by atoms with E-state index in [0.29, 0.717) is 17.8 Å². The zero-order valence-electron chi connectivity index (χ0n) is 11.6. The van der Waals surface area contributed by atoms with Crippen molar-refractivity contribution >= 4 is 11.6 Å². The van der Waals surface area contributed by atoms with Gasteiger partial charge in [-0.3, -0.25) is 0 Å². The molecule has 0 spiro atoms. The minimum absolute atomic E-state index is 0.430. The summed E-state index contributed by atoms with van der Waals surface area (Å²) in [5.41, 5.74) is 0.487. The first kappa shape index (κ1) is 13.1. The minimum Gasteiger partial charge on any atom is -0.377 e. The molecule has 1 aromatic heterocycles. The highest BCUT2D eigenvalue weighted by Gasteiger charge is 2.44. The number of hydrogen-bond donors (Lipinski definition) is 2. The Balaban J connectivity index is 2.00. The molecule has 1 aliphatic carbocycles. The van der Waals surface area contributed by atoms with Gasteiger partial charge in [-0.15, -0.1) is 0 Å². The van der Waals surface area contributed by atoms with E-state index >= 15 is 0 Å². The van der Waals surface area contributed by atoms with Crippen molar-refractivity contribution in [3.05, 3.63) is 11.9 Å². The Morgan fingerprint density at radius 2 is 2.06 bits per heavy atom. The first-order chi connectivity index (χ1) is 8.55. The third kappa shape index (κ3) is 3.10. The molecule has 1 fully saturated rings. The summed E-state index contributed by atoms with van der Waals surface area (Å²) >= 11 is 0. The summed E-state index contributed by atoms with van der Waals surface area (Å²) in [6, 6.07) is 1.93. The van der Waals surface area contributed by atoms with E-state index in [1.807, 2.05) is 13.1 Å². The monoisotopic (exact) mass is 250 g/mol. The second-order valence-corrected chi connectivity index (χ2v) is 5.51. The molecule has 0 bridgehead atoms. The molecule has 18 heavy (non-hydrogen) atoms. The van der Waals surface area contributed by atoms with Crippen LogP contribution in [0.15, 0.2) is 6.07 Å². The highest BCUT2D eigenvalue weighted by atomic mass is 16.5. The molecular weight excluding hydrogens is 228 g/mol. The maximum absolute atomic E-state index is 5.07. The van der Waals surface area contributed by atoms with Crippen LogP contribution >= 0.6 is 0 Å². The third-order valence-corrected chi connectivity index (χ3v) is 3.55. The smallest absolute Gasteiger partial charge is 0.158 e. The van der Waals surface area contributed by atoms with Gasteiger partial charge >= 0.3 is 0 Å². The molecule has 1 heterocycles. The predicted octanol–water partition coefficient (Wildman–Crippen LogP) is 2.12. The molecule has 2 N–H and O–H groups in total. The first-order valence-corrected chi connectivity index (χ1v) is 6.33. The molecule has 1 atom stereocenters. The van der Waals surface area contributed by atoms with E-state index in [-0.39, 0.29) is 0 Å². The number of aromatic nitrogens is 2. The fourth-order valence-corrected chi connectivity index (χ4v) is 2.06. The van der Waals surface area contributed by atoms with Gasteiger partial charge in [0.25, 0.3) is 0 Å². The van der Waals surface area contributed by atoms with E-state index in [0.717, 1.165) is 24.1 Å². The van der Waals surface area contributed by atoms with E-state index in [1.165, 1.54) is 6.42 Å². The van der Waals surface area contributed by atoms with E-state index < -0.39 is 0 Å². The molecule has 1 aliphatic rings. The molecule has 0 aliphatic heterocycles. The van der Waals surface area contributed by atoms with E-state index in [1.54, 1.807) is 7.11 Å². The van der Waals surface area contributed by atoms with Crippen molar-refractivity contribution in [2.45, 2.75) is 26.9 Å². The van der Waals surface area contributed by atoms with Crippen LogP contribution in [0.4, 0.5) is 11.6 Å². The predicted molar refractivity (Wildman–Crippen MR) is 72.7 cm³/mol. The van der Waals surface area contributed by atoms with Crippen molar-refractivity contribution in [1.29, 1.82) is 0 Å². The van der Waals surface area contributed by atoms with Crippen LogP contribution in [-0.2, 0) is 11.3 Å². The molecule has 1 aromatic rings. The fourth-order valence-electron chi connectivity index (χ4n) is 2.06. The molecule has 0 radical (unpaired) electrons. The largest absolute Gasteiger partial charge is 0.377 e. The van der Waals surface area contributed by atoms with Crippen LogP contribution in [0.25, 0.3) is 0 Å². The topological polar surface area (TPSA) is 59.1 Å². The highest BCUT2D eigenvalue weighted by molar-refractivity contribution is 5.47. The van der Waals surface area contributed by atoms with Gasteiger partial charge in [0.1, 0.15) is 18.2 Å². The maximum Gasteiger partial charge on any atom is 0.158 e. The summed E-state index contributed by atoms with van der Waals surface area (Å²) in [5, 5.41) is 6.43. The fraction of sp³-hybridized carbons (Fsp3) is 0.692. The molecule has 100 valence electrons. The second-order valence-electron chi connectivity index (χ2n) is 5.51. The molecule has 0 saturated heterocycles. The number of methoxy groups -OCH3 is 1. The van der Waals surface area contributed by atoms with Gasteiger partial charge in [-0.2, -0.15) is 0 Å². The number of hydrogen-bond acceptors (Lipinski definition) is 5. The SMILES string of the molecule is CNc1cc(NCC2CC2(C)C)nc(COC)n1. The maximum atomic E-state index is 5.07. The summed E-state index contributed by atoms with van der Waals surface area (Å²) in [7, 11) is 3.50. The number of anilines is 2. The Morgan fingerprint density at radius 1 is 1.39 bits per heavy atom. The summed E-state index contributed by atoms with van der Waals surface area (Å²) in [5.74, 6) is 3.12. The van der Waals surface area contributed by atoms with Gasteiger partial charge in [-0.1, -0.05) is 13.8 Å². The molecule has 5 heteroatoms. The molecular formula is C13H22N4O. The average Bonchev–Trinajstić information content (AvgIpc) is 2.95. The van der Waals surface area contributed by atoms with Crippen LogP contribution in [0.3, 0.4) is 0 Å². The zero-order valence-corrected chi connectivity index (χ0v) is 11.6. The van der Waals surface area contributed by atoms with Gasteiger partial charge in [-0.25, -0.2) is 9.97 Å². The van der Waals surface area contributed by atoms with E-state index in [2.05, 4.69) is 34.4 Å². The van der Waals surface area contributed by atoms with Gasteiger partial charge in [0.2, 0.25) is 0 Å². The van der Waals surface area contributed by atoms with Gasteiger partial charge in [0, 0.05) is 26.8 Å². The van der Waals surface area contributed by atoms with Crippen molar-refractivity contribution in [2.75, 3.05) is 31.3 Å². The Labute approximate surface area is 108 Å². The lowest BCUT2D eigenvalue weighted by Gasteiger charge is -2.10. The number of ether oxygens (including phenoxy) is 1. The van der Waals surface area contributed by atoms with E-state index in [4.69, 9.17) is 4.74 Å². The Bertz CT molecular complexity index is 419. The summed E-state index contributed by atoms with van der Waals surface area (Å²) in [6.45, 7) is 6.00. The van der Waals surface area contributed by atoms with Crippen molar-refractivity contribution < 1.29 is 4.74 Å². The summed E-state index contributed by atoms with van der Waals surface area (Å²) < 4.78 is 5.07. The van der Waals surface area contributed by atoms with Crippen LogP contribution in [-0.4, -0.2) is 30.7 Å². The van der Waals surface area contributed by atoms with Crippen LogP contribution in [0, 0.1) is 11.3 Å². The van der Waals surface area contributed by atoms with Gasteiger partial charge in [0.05, 0.1) is 0 Å². The lowest BCUT2D eigenvalue weighted by atomic mass is 10.1. The van der Waals surface area contributed by atoms with Crippen molar-refractivity contribution in [3.8, 4) is 0 Å². The van der Waals surface area contributed by atoms with Crippen molar-refractivity contribution in [1.82, 2.24) is 9.97 Å². The first-order valence-electron chi connectivity index (χ1n) is 6.33. The average molecular weight is 250 g/mol. The lowest BCUT2D eigenvalue weighted by Crippen LogP contribution is -2.11. The van der Waals surface area contributed by atoms with Crippen molar-refractivity contribution in [2.24, 2.45) is 11.3 Å². The van der Waals surface area contributed by atoms with Gasteiger partial charge in [-0.05, 0) is 17.8 Å². The van der Waals surface area contributed by atoms with E-state index in [9.17, 15) is 0 Å². The number of nitrogens with zero attached hydrogens (tertiary/aromatic N) is 2. The Morgan fingerprint density at radius 3 is 2.61 bits per heavy atom. The molecule has 0 aromatic carbocycles. The standard InChI is InChI=1S/C13H22N4O/c1-13(2)6-9(13)7-15-11-5-10(14-3)16-12(17-11)8-18-4/h5,9H,6-8H2,1-4H3,(H2,14,15,16,17). The number of rotatable bonds is 6. The van der Waals surface area contributed by atoms with Crippen LogP contribution < -0.4 is 10.6 Å². The number of nitrogens with one attached hydrogen (secondary N) is 2. The molecule has 5 nitrogen and oxygen atoms in total.